The number of nitrogens with one attached hydrogen (secondary N) is 1. The van der Waals surface area contributed by atoms with E-state index in [0.717, 1.165) is 11.1 Å². The number of ketones is 1. The first-order valence-corrected chi connectivity index (χ1v) is 10.2. The number of carbonyl (C=O) groups is 3. The summed E-state index contributed by atoms with van der Waals surface area (Å²) in [5, 5.41) is 2.64. The summed E-state index contributed by atoms with van der Waals surface area (Å²) in [6.07, 6.45) is 0.405. The minimum absolute atomic E-state index is 0.141. The fraction of sp³-hybridized carbons (Fsp3) is 0.318. The molecule has 0 aliphatic carbocycles. The van der Waals surface area contributed by atoms with Crippen molar-refractivity contribution < 1.29 is 19.1 Å². The van der Waals surface area contributed by atoms with Gasteiger partial charge >= 0.3 is 5.97 Å². The molecule has 0 heterocycles. The second-order valence-corrected chi connectivity index (χ2v) is 7.55. The van der Waals surface area contributed by atoms with Gasteiger partial charge in [0.2, 0.25) is 0 Å². The van der Waals surface area contributed by atoms with Crippen molar-refractivity contribution in [2.45, 2.75) is 32.1 Å². The Labute approximate surface area is 169 Å². The van der Waals surface area contributed by atoms with Gasteiger partial charge in [0.15, 0.2) is 12.4 Å². The molecule has 6 heteroatoms. The molecule has 148 valence electrons. The molecule has 0 radical (unpaired) electrons. The highest BCUT2D eigenvalue weighted by Crippen LogP contribution is 2.13. The lowest BCUT2D eigenvalue weighted by Crippen LogP contribution is -2.43. The molecule has 2 aromatic rings. The summed E-state index contributed by atoms with van der Waals surface area (Å²) in [6.45, 7) is 3.07. The van der Waals surface area contributed by atoms with Gasteiger partial charge in [0.1, 0.15) is 0 Å². The molecule has 0 aromatic heterocycles. The minimum atomic E-state index is -0.635. The average Bonchev–Trinajstić information content (AvgIpc) is 2.68. The summed E-state index contributed by atoms with van der Waals surface area (Å²) in [4.78, 5) is 35.6. The topological polar surface area (TPSA) is 72.5 Å². The number of hydrogen-bond donors (Lipinski definition) is 1. The Bertz CT molecular complexity index is 790. The van der Waals surface area contributed by atoms with E-state index in [1.54, 1.807) is 0 Å². The third-order valence-electron chi connectivity index (χ3n) is 4.08. The molecule has 2 rings (SSSR count). The summed E-state index contributed by atoms with van der Waals surface area (Å²) in [5.74, 6) is -0.202. The number of amides is 1. The zero-order valence-electron chi connectivity index (χ0n) is 16.1. The number of esters is 1. The van der Waals surface area contributed by atoms with Gasteiger partial charge in [-0.05, 0) is 31.4 Å². The maximum atomic E-state index is 12.0. The fourth-order valence-electron chi connectivity index (χ4n) is 2.51. The number of rotatable bonds is 10. The van der Waals surface area contributed by atoms with E-state index in [4.69, 9.17) is 4.74 Å². The van der Waals surface area contributed by atoms with Crippen molar-refractivity contribution >= 4 is 29.4 Å². The smallest absolute Gasteiger partial charge is 0.316 e. The van der Waals surface area contributed by atoms with Gasteiger partial charge in [0, 0.05) is 5.75 Å². The van der Waals surface area contributed by atoms with E-state index in [1.165, 1.54) is 24.2 Å². The standard InChI is InChI=1S/C22H25NO4S/c1-16-8-10-19(11-9-16)14-28-15-22(26)27-13-21(25)23-20(17(2)24)12-18-6-4-3-5-7-18/h3-11,20H,12-15H2,1-2H3,(H,23,25)/t20-/m1/s1. The lowest BCUT2D eigenvalue weighted by Gasteiger charge is -2.16. The van der Waals surface area contributed by atoms with Crippen molar-refractivity contribution in [3.63, 3.8) is 0 Å². The van der Waals surface area contributed by atoms with Gasteiger partial charge in [-0.15, -0.1) is 11.8 Å². The predicted octanol–water partition coefficient (Wildman–Crippen LogP) is 3.09. The van der Waals surface area contributed by atoms with E-state index in [9.17, 15) is 14.4 Å². The first-order chi connectivity index (χ1) is 13.4. The third-order valence-corrected chi connectivity index (χ3v) is 5.06. The van der Waals surface area contributed by atoms with E-state index in [-0.39, 0.29) is 18.1 Å². The second-order valence-electron chi connectivity index (χ2n) is 6.56. The van der Waals surface area contributed by atoms with Gasteiger partial charge in [0.25, 0.3) is 5.91 Å². The largest absolute Gasteiger partial charge is 0.455 e. The number of benzene rings is 2. The molecule has 0 fully saturated rings. The normalized spacial score (nSPS) is 11.5. The number of hydrogen-bond acceptors (Lipinski definition) is 5. The van der Waals surface area contributed by atoms with Crippen LogP contribution >= 0.6 is 11.8 Å². The second kappa shape index (κ2) is 11.3. The van der Waals surface area contributed by atoms with Crippen molar-refractivity contribution in [1.82, 2.24) is 5.32 Å². The molecule has 0 aliphatic heterocycles. The maximum absolute atomic E-state index is 12.0. The van der Waals surface area contributed by atoms with Gasteiger partial charge in [-0.2, -0.15) is 0 Å². The first kappa shape index (κ1) is 21.7. The van der Waals surface area contributed by atoms with Crippen LogP contribution in [0.5, 0.6) is 0 Å². The molecule has 1 amide bonds. The molecule has 0 bridgehead atoms. The van der Waals surface area contributed by atoms with Crippen LogP contribution in [-0.2, 0) is 31.3 Å². The van der Waals surface area contributed by atoms with Crippen LogP contribution in [-0.4, -0.2) is 36.1 Å². The molecule has 28 heavy (non-hydrogen) atoms. The van der Waals surface area contributed by atoms with Crippen molar-refractivity contribution in [3.8, 4) is 0 Å². The molecule has 0 spiro atoms. The van der Waals surface area contributed by atoms with Gasteiger partial charge < -0.3 is 10.1 Å². The molecular weight excluding hydrogens is 374 g/mol. The Morgan fingerprint density at radius 3 is 2.32 bits per heavy atom. The van der Waals surface area contributed by atoms with Crippen LogP contribution in [0.2, 0.25) is 0 Å². The summed E-state index contributed by atoms with van der Waals surface area (Å²) in [7, 11) is 0. The van der Waals surface area contributed by atoms with Crippen LogP contribution in [0.4, 0.5) is 0 Å². The lowest BCUT2D eigenvalue weighted by atomic mass is 10.0. The first-order valence-electron chi connectivity index (χ1n) is 9.06. The van der Waals surface area contributed by atoms with Gasteiger partial charge in [0.05, 0.1) is 11.8 Å². The number of Topliss-reactive ketones (excluding diaryl/α,β-unsaturated/α-hetero) is 1. The van der Waals surface area contributed by atoms with Gasteiger partial charge in [-0.25, -0.2) is 0 Å². The van der Waals surface area contributed by atoms with Crippen LogP contribution in [0.15, 0.2) is 54.6 Å². The molecule has 0 saturated carbocycles. The Kier molecular flexibility index (Phi) is 8.75. The molecular formula is C22H25NO4S. The molecule has 5 nitrogen and oxygen atoms in total. The highest BCUT2D eigenvalue weighted by atomic mass is 32.2. The van der Waals surface area contributed by atoms with E-state index >= 15 is 0 Å². The zero-order chi connectivity index (χ0) is 20.4. The fourth-order valence-corrected chi connectivity index (χ4v) is 3.29. The van der Waals surface area contributed by atoms with Crippen LogP contribution in [0.25, 0.3) is 0 Å². The summed E-state index contributed by atoms with van der Waals surface area (Å²) < 4.78 is 5.01. The highest BCUT2D eigenvalue weighted by Gasteiger charge is 2.18. The monoisotopic (exact) mass is 399 g/mol. The maximum Gasteiger partial charge on any atom is 0.316 e. The number of ether oxygens (including phenoxy) is 1. The van der Waals surface area contributed by atoms with Crippen LogP contribution < -0.4 is 5.32 Å². The average molecular weight is 400 g/mol. The van der Waals surface area contributed by atoms with Gasteiger partial charge in [-0.1, -0.05) is 60.2 Å². The molecule has 0 unspecified atom stereocenters. The molecule has 2 aromatic carbocycles. The molecule has 0 saturated heterocycles. The third kappa shape index (κ3) is 7.96. The Balaban J connectivity index is 1.70. The molecule has 1 atom stereocenters. The van der Waals surface area contributed by atoms with E-state index < -0.39 is 17.9 Å². The van der Waals surface area contributed by atoms with Crippen molar-refractivity contribution in [2.75, 3.05) is 12.4 Å². The summed E-state index contributed by atoms with van der Waals surface area (Å²) >= 11 is 1.43. The quantitative estimate of drug-likeness (QED) is 0.622. The van der Waals surface area contributed by atoms with Crippen molar-refractivity contribution in [3.05, 3.63) is 71.3 Å². The Morgan fingerprint density at radius 2 is 1.68 bits per heavy atom. The lowest BCUT2D eigenvalue weighted by molar-refractivity contribution is -0.146. The highest BCUT2D eigenvalue weighted by molar-refractivity contribution is 7.99. The summed E-state index contributed by atoms with van der Waals surface area (Å²) in [5.41, 5.74) is 3.27. The Morgan fingerprint density at radius 1 is 1.00 bits per heavy atom. The molecule has 0 aliphatic rings. The van der Waals surface area contributed by atoms with E-state index in [2.05, 4.69) is 5.32 Å². The van der Waals surface area contributed by atoms with Crippen molar-refractivity contribution in [2.24, 2.45) is 0 Å². The number of aryl methyl sites for hydroxylation is 1. The zero-order valence-corrected chi connectivity index (χ0v) is 17.0. The Hall–Kier alpha value is -2.60. The number of thioether (sulfide) groups is 1. The van der Waals surface area contributed by atoms with E-state index in [0.29, 0.717) is 12.2 Å². The predicted molar refractivity (Wildman–Crippen MR) is 111 cm³/mol. The van der Waals surface area contributed by atoms with E-state index in [1.807, 2.05) is 61.5 Å². The van der Waals surface area contributed by atoms with Crippen LogP contribution in [0.3, 0.4) is 0 Å². The summed E-state index contributed by atoms with van der Waals surface area (Å²) in [6, 6.07) is 16.9. The SMILES string of the molecule is CC(=O)[C@@H](Cc1ccccc1)NC(=O)COC(=O)CSCc1ccc(C)cc1. The van der Waals surface area contributed by atoms with Gasteiger partial charge in [-0.3, -0.25) is 14.4 Å². The van der Waals surface area contributed by atoms with Crippen LogP contribution in [0, 0.1) is 6.92 Å². The molecule has 1 N–H and O–H groups in total. The van der Waals surface area contributed by atoms with Crippen LogP contribution in [0.1, 0.15) is 23.6 Å². The van der Waals surface area contributed by atoms with Crippen molar-refractivity contribution in [1.29, 1.82) is 0 Å². The minimum Gasteiger partial charge on any atom is -0.455 e. The number of carbonyl (C=O) groups excluding carboxylic acids is 3.